The lowest BCUT2D eigenvalue weighted by molar-refractivity contribution is 0.193. The van der Waals surface area contributed by atoms with Gasteiger partial charge in [0.2, 0.25) is 11.7 Å². The summed E-state index contributed by atoms with van der Waals surface area (Å²) in [6, 6.07) is 15.4. The van der Waals surface area contributed by atoms with Gasteiger partial charge in [0.15, 0.2) is 0 Å². The molecule has 0 spiro atoms. The van der Waals surface area contributed by atoms with Crippen LogP contribution in [-0.2, 0) is 0 Å². The smallest absolute Gasteiger partial charge is 0.322 e. The zero-order valence-corrected chi connectivity index (χ0v) is 15.5. The SMILES string of the molecule is Cc1ccc(NC(=O)N2CCCC2c2nc(-c3cccc(C)c3)no2)cc1. The van der Waals surface area contributed by atoms with Crippen LogP contribution in [-0.4, -0.2) is 27.6 Å². The molecule has 1 atom stereocenters. The summed E-state index contributed by atoms with van der Waals surface area (Å²) in [6.07, 6.45) is 1.73. The molecule has 1 saturated heterocycles. The number of likely N-dealkylation sites (tertiary alicyclic amines) is 1. The largest absolute Gasteiger partial charge is 0.337 e. The van der Waals surface area contributed by atoms with Crippen LogP contribution in [0.2, 0.25) is 0 Å². The van der Waals surface area contributed by atoms with Crippen molar-refractivity contribution in [3.8, 4) is 11.4 Å². The van der Waals surface area contributed by atoms with E-state index < -0.39 is 0 Å². The third kappa shape index (κ3) is 3.69. The van der Waals surface area contributed by atoms with E-state index in [-0.39, 0.29) is 12.1 Å². The van der Waals surface area contributed by atoms with E-state index in [2.05, 4.69) is 15.5 Å². The van der Waals surface area contributed by atoms with Crippen LogP contribution in [0.1, 0.15) is 35.9 Å². The molecule has 1 unspecified atom stereocenters. The Balaban J connectivity index is 1.51. The second-order valence-electron chi connectivity index (χ2n) is 6.97. The third-order valence-corrected chi connectivity index (χ3v) is 4.82. The van der Waals surface area contributed by atoms with E-state index in [0.29, 0.717) is 18.3 Å². The Hall–Kier alpha value is -3.15. The summed E-state index contributed by atoms with van der Waals surface area (Å²) in [5.41, 5.74) is 3.99. The van der Waals surface area contributed by atoms with E-state index >= 15 is 0 Å². The summed E-state index contributed by atoms with van der Waals surface area (Å²) in [6.45, 7) is 4.71. The lowest BCUT2D eigenvalue weighted by Crippen LogP contribution is -2.34. The van der Waals surface area contributed by atoms with Gasteiger partial charge in [0.05, 0.1) is 0 Å². The zero-order chi connectivity index (χ0) is 18.8. The van der Waals surface area contributed by atoms with Crippen molar-refractivity contribution in [3.63, 3.8) is 0 Å². The molecule has 3 aromatic rings. The standard InChI is InChI=1S/C21H22N4O2/c1-14-8-10-17(11-9-14)22-21(26)25-12-4-7-18(25)20-23-19(24-27-20)16-6-3-5-15(2)13-16/h3,5-6,8-11,13,18H,4,7,12H2,1-2H3,(H,22,26). The molecule has 0 saturated carbocycles. The Morgan fingerprint density at radius 3 is 2.74 bits per heavy atom. The maximum atomic E-state index is 12.7. The minimum absolute atomic E-state index is 0.142. The van der Waals surface area contributed by atoms with Crippen molar-refractivity contribution in [2.75, 3.05) is 11.9 Å². The number of amides is 2. The third-order valence-electron chi connectivity index (χ3n) is 4.82. The molecule has 0 bridgehead atoms. The molecule has 0 aliphatic carbocycles. The maximum Gasteiger partial charge on any atom is 0.322 e. The molecule has 6 heteroatoms. The molecule has 2 heterocycles. The monoisotopic (exact) mass is 362 g/mol. The number of nitrogens with one attached hydrogen (secondary N) is 1. The van der Waals surface area contributed by atoms with Crippen molar-refractivity contribution in [1.82, 2.24) is 15.0 Å². The Morgan fingerprint density at radius 1 is 1.15 bits per heavy atom. The highest BCUT2D eigenvalue weighted by molar-refractivity contribution is 5.89. The predicted molar refractivity (Wildman–Crippen MR) is 103 cm³/mol. The average molecular weight is 362 g/mol. The van der Waals surface area contributed by atoms with Crippen molar-refractivity contribution in [2.45, 2.75) is 32.7 Å². The first kappa shape index (κ1) is 17.3. The van der Waals surface area contributed by atoms with Gasteiger partial charge in [-0.1, -0.05) is 46.6 Å². The Kier molecular flexibility index (Phi) is 4.62. The predicted octanol–water partition coefficient (Wildman–Crippen LogP) is 4.72. The van der Waals surface area contributed by atoms with Gasteiger partial charge in [0.25, 0.3) is 0 Å². The van der Waals surface area contributed by atoms with Gasteiger partial charge < -0.3 is 14.7 Å². The van der Waals surface area contributed by atoms with E-state index in [1.165, 1.54) is 0 Å². The van der Waals surface area contributed by atoms with Gasteiger partial charge in [-0.25, -0.2) is 4.79 Å². The molecule has 1 aliphatic rings. The van der Waals surface area contributed by atoms with Crippen LogP contribution >= 0.6 is 0 Å². The summed E-state index contributed by atoms with van der Waals surface area (Å²) in [4.78, 5) is 19.1. The molecule has 1 fully saturated rings. The number of carbonyl (C=O) groups excluding carboxylic acids is 1. The highest BCUT2D eigenvalue weighted by atomic mass is 16.5. The lowest BCUT2D eigenvalue weighted by atomic mass is 10.1. The van der Waals surface area contributed by atoms with Crippen molar-refractivity contribution in [2.24, 2.45) is 0 Å². The first-order valence-electron chi connectivity index (χ1n) is 9.15. The van der Waals surface area contributed by atoms with Crippen molar-refractivity contribution >= 4 is 11.7 Å². The zero-order valence-electron chi connectivity index (χ0n) is 15.5. The van der Waals surface area contributed by atoms with Crippen LogP contribution < -0.4 is 5.32 Å². The van der Waals surface area contributed by atoms with Crippen molar-refractivity contribution in [3.05, 3.63) is 65.5 Å². The summed E-state index contributed by atoms with van der Waals surface area (Å²) in [7, 11) is 0. The Bertz CT molecular complexity index is 949. The molecule has 2 amide bonds. The van der Waals surface area contributed by atoms with Gasteiger partial charge in [0, 0.05) is 17.8 Å². The maximum absolute atomic E-state index is 12.7. The Morgan fingerprint density at radius 2 is 1.96 bits per heavy atom. The van der Waals surface area contributed by atoms with Crippen LogP contribution in [0.4, 0.5) is 10.5 Å². The number of hydrogen-bond acceptors (Lipinski definition) is 4. The summed E-state index contributed by atoms with van der Waals surface area (Å²) in [5.74, 6) is 1.04. The van der Waals surface area contributed by atoms with Crippen molar-refractivity contribution < 1.29 is 9.32 Å². The number of nitrogens with zero attached hydrogens (tertiary/aromatic N) is 3. The lowest BCUT2D eigenvalue weighted by Gasteiger charge is -2.22. The molecule has 138 valence electrons. The fourth-order valence-corrected chi connectivity index (χ4v) is 3.37. The summed E-state index contributed by atoms with van der Waals surface area (Å²) >= 11 is 0. The van der Waals surface area contributed by atoms with Gasteiger partial charge in [-0.15, -0.1) is 0 Å². The van der Waals surface area contributed by atoms with E-state index in [9.17, 15) is 4.79 Å². The fraction of sp³-hybridized carbons (Fsp3) is 0.286. The number of benzene rings is 2. The highest BCUT2D eigenvalue weighted by Crippen LogP contribution is 2.32. The van der Waals surface area contributed by atoms with Crippen LogP contribution in [0, 0.1) is 13.8 Å². The van der Waals surface area contributed by atoms with E-state index in [4.69, 9.17) is 4.52 Å². The van der Waals surface area contributed by atoms with E-state index in [1.807, 2.05) is 62.4 Å². The minimum atomic E-state index is -0.193. The summed E-state index contributed by atoms with van der Waals surface area (Å²) < 4.78 is 5.51. The molecule has 1 N–H and O–H groups in total. The molecule has 1 aliphatic heterocycles. The first-order chi connectivity index (χ1) is 13.1. The number of rotatable bonds is 3. The molecular formula is C21H22N4O2. The second kappa shape index (κ2) is 7.23. The highest BCUT2D eigenvalue weighted by Gasteiger charge is 2.34. The number of urea groups is 1. The van der Waals surface area contributed by atoms with E-state index in [1.54, 1.807) is 4.90 Å². The molecule has 4 rings (SSSR count). The van der Waals surface area contributed by atoms with Gasteiger partial charge in [0.1, 0.15) is 6.04 Å². The Labute approximate surface area is 158 Å². The number of carbonyl (C=O) groups is 1. The second-order valence-corrected chi connectivity index (χ2v) is 6.97. The van der Waals surface area contributed by atoms with Gasteiger partial charge in [-0.3, -0.25) is 0 Å². The molecule has 6 nitrogen and oxygen atoms in total. The van der Waals surface area contributed by atoms with Crippen LogP contribution in [0.15, 0.2) is 53.1 Å². The average Bonchev–Trinajstić information content (AvgIpc) is 3.33. The molecule has 0 radical (unpaired) electrons. The number of anilines is 1. The molecule has 2 aromatic carbocycles. The molecule has 27 heavy (non-hydrogen) atoms. The molecular weight excluding hydrogens is 340 g/mol. The minimum Gasteiger partial charge on any atom is -0.337 e. The number of aromatic nitrogens is 2. The number of aryl methyl sites for hydroxylation is 2. The normalized spacial score (nSPS) is 16.5. The number of hydrogen-bond donors (Lipinski definition) is 1. The van der Waals surface area contributed by atoms with Crippen LogP contribution in [0.25, 0.3) is 11.4 Å². The van der Waals surface area contributed by atoms with Crippen LogP contribution in [0.5, 0.6) is 0 Å². The molecule has 1 aromatic heterocycles. The van der Waals surface area contributed by atoms with E-state index in [0.717, 1.165) is 35.2 Å². The van der Waals surface area contributed by atoms with Crippen LogP contribution in [0.3, 0.4) is 0 Å². The quantitative estimate of drug-likeness (QED) is 0.732. The summed E-state index contributed by atoms with van der Waals surface area (Å²) in [5, 5.41) is 7.07. The van der Waals surface area contributed by atoms with Crippen molar-refractivity contribution in [1.29, 1.82) is 0 Å². The fourth-order valence-electron chi connectivity index (χ4n) is 3.37. The first-order valence-corrected chi connectivity index (χ1v) is 9.15. The van der Waals surface area contributed by atoms with Gasteiger partial charge in [-0.05, 0) is 44.9 Å². The topological polar surface area (TPSA) is 71.3 Å². The van der Waals surface area contributed by atoms with Gasteiger partial charge >= 0.3 is 6.03 Å². The van der Waals surface area contributed by atoms with Gasteiger partial charge in [-0.2, -0.15) is 4.98 Å².